The predicted octanol–water partition coefficient (Wildman–Crippen LogP) is 1.74. The second-order valence-electron chi connectivity index (χ2n) is 4.20. The van der Waals surface area contributed by atoms with Crippen molar-refractivity contribution in [1.82, 2.24) is 5.32 Å². The van der Waals surface area contributed by atoms with Crippen molar-refractivity contribution >= 4 is 11.8 Å². The van der Waals surface area contributed by atoms with Crippen LogP contribution < -0.4 is 11.1 Å². The van der Waals surface area contributed by atoms with Crippen molar-refractivity contribution in [2.24, 2.45) is 5.73 Å². The lowest BCUT2D eigenvalue weighted by molar-refractivity contribution is -0.120. The van der Waals surface area contributed by atoms with E-state index in [0.29, 0.717) is 6.42 Å². The minimum Gasteiger partial charge on any atom is -0.368 e. The maximum absolute atomic E-state index is 13.0. The third-order valence-electron chi connectivity index (χ3n) is 2.68. The van der Waals surface area contributed by atoms with Crippen LogP contribution >= 0.6 is 0 Å². The van der Waals surface area contributed by atoms with E-state index < -0.39 is 29.5 Å². The molecule has 0 aromatic heterocycles. The van der Waals surface area contributed by atoms with Gasteiger partial charge < -0.3 is 11.1 Å². The van der Waals surface area contributed by atoms with Gasteiger partial charge in [-0.15, -0.1) is 0 Å². The number of amides is 2. The van der Waals surface area contributed by atoms with E-state index in [-0.39, 0.29) is 5.56 Å². The van der Waals surface area contributed by atoms with E-state index in [2.05, 4.69) is 5.32 Å². The molecule has 0 unspecified atom stereocenters. The van der Waals surface area contributed by atoms with Gasteiger partial charge in [-0.05, 0) is 24.6 Å². The SMILES string of the molecule is CCCC[C@@H](NC(=O)c1ccc(F)c(F)c1)C(N)=O. The Morgan fingerprint density at radius 3 is 2.53 bits per heavy atom. The number of hydrogen-bond donors (Lipinski definition) is 2. The highest BCUT2D eigenvalue weighted by Crippen LogP contribution is 2.09. The van der Waals surface area contributed by atoms with Crippen LogP contribution in [-0.2, 0) is 4.79 Å². The summed E-state index contributed by atoms with van der Waals surface area (Å²) in [5.41, 5.74) is 5.12. The highest BCUT2D eigenvalue weighted by Gasteiger charge is 2.19. The maximum atomic E-state index is 13.0. The standard InChI is InChI=1S/C13H16F2N2O2/c1-2-3-4-11(12(16)18)17-13(19)8-5-6-9(14)10(15)7-8/h5-7,11H,2-4H2,1H3,(H2,16,18)(H,17,19)/t11-/m1/s1. The van der Waals surface area contributed by atoms with E-state index in [1.807, 2.05) is 6.92 Å². The summed E-state index contributed by atoms with van der Waals surface area (Å²) in [6, 6.07) is 1.98. The number of rotatable bonds is 6. The molecular weight excluding hydrogens is 254 g/mol. The van der Waals surface area contributed by atoms with Crippen molar-refractivity contribution < 1.29 is 18.4 Å². The summed E-state index contributed by atoms with van der Waals surface area (Å²) in [6.07, 6.45) is 2.00. The van der Waals surface area contributed by atoms with Gasteiger partial charge in [0.05, 0.1) is 0 Å². The molecule has 0 spiro atoms. The minimum absolute atomic E-state index is 0.0540. The molecule has 0 saturated heterocycles. The number of unbranched alkanes of at least 4 members (excludes halogenated alkanes) is 1. The van der Waals surface area contributed by atoms with Gasteiger partial charge in [-0.25, -0.2) is 8.78 Å². The highest BCUT2D eigenvalue weighted by molar-refractivity contribution is 5.97. The van der Waals surface area contributed by atoms with Gasteiger partial charge in [0.1, 0.15) is 6.04 Å². The number of nitrogens with two attached hydrogens (primary N) is 1. The van der Waals surface area contributed by atoms with Gasteiger partial charge in [0.25, 0.3) is 5.91 Å². The van der Waals surface area contributed by atoms with Crippen molar-refractivity contribution in [3.05, 3.63) is 35.4 Å². The van der Waals surface area contributed by atoms with Gasteiger partial charge in [-0.2, -0.15) is 0 Å². The Morgan fingerprint density at radius 1 is 1.32 bits per heavy atom. The molecule has 1 aromatic carbocycles. The van der Waals surface area contributed by atoms with E-state index in [0.717, 1.165) is 31.0 Å². The van der Waals surface area contributed by atoms with Crippen molar-refractivity contribution in [2.75, 3.05) is 0 Å². The smallest absolute Gasteiger partial charge is 0.252 e. The third kappa shape index (κ3) is 4.31. The van der Waals surface area contributed by atoms with Crippen LogP contribution in [0.15, 0.2) is 18.2 Å². The summed E-state index contributed by atoms with van der Waals surface area (Å²) in [4.78, 5) is 22.9. The monoisotopic (exact) mass is 270 g/mol. The minimum atomic E-state index is -1.11. The average Bonchev–Trinajstić information content (AvgIpc) is 2.37. The van der Waals surface area contributed by atoms with Gasteiger partial charge in [-0.1, -0.05) is 19.8 Å². The molecule has 2 amide bonds. The first-order valence-electron chi connectivity index (χ1n) is 6.01. The van der Waals surface area contributed by atoms with E-state index in [1.165, 1.54) is 0 Å². The average molecular weight is 270 g/mol. The first-order valence-corrected chi connectivity index (χ1v) is 6.01. The fraction of sp³-hybridized carbons (Fsp3) is 0.385. The van der Waals surface area contributed by atoms with Crippen LogP contribution in [0.4, 0.5) is 8.78 Å². The van der Waals surface area contributed by atoms with Gasteiger partial charge in [-0.3, -0.25) is 9.59 Å². The summed E-state index contributed by atoms with van der Waals surface area (Å²) in [5, 5.41) is 2.41. The Hall–Kier alpha value is -1.98. The summed E-state index contributed by atoms with van der Waals surface area (Å²) in [6.45, 7) is 1.94. The Labute approximate surface area is 110 Å². The Bertz CT molecular complexity index is 478. The molecule has 0 saturated carbocycles. The molecule has 1 aromatic rings. The number of benzene rings is 1. The zero-order valence-corrected chi connectivity index (χ0v) is 10.6. The topological polar surface area (TPSA) is 72.2 Å². The molecule has 0 radical (unpaired) electrons. The Morgan fingerprint density at radius 2 is 2.00 bits per heavy atom. The van der Waals surface area contributed by atoms with Crippen LogP contribution in [0.1, 0.15) is 36.5 Å². The van der Waals surface area contributed by atoms with Crippen LogP contribution in [0.5, 0.6) is 0 Å². The number of carbonyl (C=O) groups is 2. The second kappa shape index (κ2) is 6.82. The number of nitrogens with one attached hydrogen (secondary N) is 1. The quantitative estimate of drug-likeness (QED) is 0.826. The molecule has 0 aliphatic carbocycles. The van der Waals surface area contributed by atoms with Gasteiger partial charge in [0.2, 0.25) is 5.91 Å². The van der Waals surface area contributed by atoms with Gasteiger partial charge in [0, 0.05) is 5.56 Å². The Balaban J connectivity index is 2.75. The molecule has 0 bridgehead atoms. The first kappa shape index (κ1) is 15.1. The van der Waals surface area contributed by atoms with Gasteiger partial charge in [0.15, 0.2) is 11.6 Å². The van der Waals surface area contributed by atoms with E-state index in [1.54, 1.807) is 0 Å². The molecule has 104 valence electrons. The predicted molar refractivity (Wildman–Crippen MR) is 66.3 cm³/mol. The second-order valence-corrected chi connectivity index (χ2v) is 4.20. The number of hydrogen-bond acceptors (Lipinski definition) is 2. The summed E-state index contributed by atoms with van der Waals surface area (Å²) >= 11 is 0. The molecule has 0 aliphatic rings. The van der Waals surface area contributed by atoms with Crippen LogP contribution in [0.25, 0.3) is 0 Å². The van der Waals surface area contributed by atoms with E-state index in [9.17, 15) is 18.4 Å². The molecule has 0 heterocycles. The molecule has 3 N–H and O–H groups in total. The normalized spacial score (nSPS) is 11.9. The van der Waals surface area contributed by atoms with E-state index in [4.69, 9.17) is 5.73 Å². The van der Waals surface area contributed by atoms with Crippen molar-refractivity contribution in [3.63, 3.8) is 0 Å². The highest BCUT2D eigenvalue weighted by atomic mass is 19.2. The summed E-state index contributed by atoms with van der Waals surface area (Å²) < 4.78 is 25.7. The van der Waals surface area contributed by atoms with Crippen LogP contribution in [0.2, 0.25) is 0 Å². The van der Waals surface area contributed by atoms with Crippen LogP contribution in [0.3, 0.4) is 0 Å². The van der Waals surface area contributed by atoms with Crippen molar-refractivity contribution in [3.8, 4) is 0 Å². The third-order valence-corrected chi connectivity index (χ3v) is 2.68. The molecule has 1 rings (SSSR count). The first-order chi connectivity index (χ1) is 8.95. The molecule has 4 nitrogen and oxygen atoms in total. The number of primary amides is 1. The van der Waals surface area contributed by atoms with E-state index >= 15 is 0 Å². The molecule has 0 aliphatic heterocycles. The fourth-order valence-electron chi connectivity index (χ4n) is 1.57. The van der Waals surface area contributed by atoms with Crippen molar-refractivity contribution in [1.29, 1.82) is 0 Å². The molecular formula is C13H16F2N2O2. The maximum Gasteiger partial charge on any atom is 0.252 e. The summed E-state index contributed by atoms with van der Waals surface area (Å²) in [5.74, 6) is -3.45. The lowest BCUT2D eigenvalue weighted by atomic mass is 10.1. The van der Waals surface area contributed by atoms with Gasteiger partial charge >= 0.3 is 0 Å². The molecule has 19 heavy (non-hydrogen) atoms. The molecule has 1 atom stereocenters. The molecule has 6 heteroatoms. The van der Waals surface area contributed by atoms with Crippen LogP contribution in [-0.4, -0.2) is 17.9 Å². The largest absolute Gasteiger partial charge is 0.368 e. The molecule has 0 fully saturated rings. The summed E-state index contributed by atoms with van der Waals surface area (Å²) in [7, 11) is 0. The Kier molecular flexibility index (Phi) is 5.41. The number of carbonyl (C=O) groups excluding carboxylic acids is 2. The van der Waals surface area contributed by atoms with Crippen molar-refractivity contribution in [2.45, 2.75) is 32.2 Å². The fourth-order valence-corrected chi connectivity index (χ4v) is 1.57. The van der Waals surface area contributed by atoms with Crippen LogP contribution in [0, 0.1) is 11.6 Å². The lowest BCUT2D eigenvalue weighted by Gasteiger charge is -2.15. The zero-order valence-electron chi connectivity index (χ0n) is 10.6. The number of halogens is 2. The zero-order chi connectivity index (χ0) is 14.4. The lowest BCUT2D eigenvalue weighted by Crippen LogP contribution is -2.44.